The third-order valence-electron chi connectivity index (χ3n) is 3.64. The van der Waals surface area contributed by atoms with E-state index < -0.39 is 0 Å². The van der Waals surface area contributed by atoms with Gasteiger partial charge in [0.25, 0.3) is 0 Å². The molecule has 0 aliphatic carbocycles. The summed E-state index contributed by atoms with van der Waals surface area (Å²) in [6.45, 7) is 9.65. The fourth-order valence-corrected chi connectivity index (χ4v) is 2.63. The molecule has 1 aromatic rings. The Morgan fingerprint density at radius 1 is 1.56 bits per heavy atom. The van der Waals surface area contributed by atoms with Crippen LogP contribution in [-0.4, -0.2) is 46.8 Å². The van der Waals surface area contributed by atoms with Gasteiger partial charge in [-0.2, -0.15) is 0 Å². The average Bonchev–Trinajstić information content (AvgIpc) is 2.82. The molecule has 0 bridgehead atoms. The first-order valence-electron chi connectivity index (χ1n) is 6.70. The minimum Gasteiger partial charge on any atom is -0.379 e. The molecule has 0 amide bonds. The monoisotopic (exact) mass is 252 g/mol. The highest BCUT2D eigenvalue weighted by atomic mass is 16.5. The fraction of sp³-hybridized carbons (Fsp3) is 0.769. The standard InChI is InChI=1S/C13H24N4O/c1-10(2)17-9-15-7-13(17)12(6-14)16-4-5-18-8-11(16)3/h7,9-12H,4-6,8,14H2,1-3H3. The Labute approximate surface area is 109 Å². The molecule has 0 aromatic carbocycles. The summed E-state index contributed by atoms with van der Waals surface area (Å²) < 4.78 is 7.70. The van der Waals surface area contributed by atoms with E-state index in [1.54, 1.807) is 0 Å². The van der Waals surface area contributed by atoms with Crippen molar-refractivity contribution in [2.24, 2.45) is 5.73 Å². The first-order valence-corrected chi connectivity index (χ1v) is 6.70. The smallest absolute Gasteiger partial charge is 0.0951 e. The molecule has 1 aliphatic rings. The highest BCUT2D eigenvalue weighted by Gasteiger charge is 2.29. The second kappa shape index (κ2) is 5.82. The number of imidazole rings is 1. The third-order valence-corrected chi connectivity index (χ3v) is 3.64. The van der Waals surface area contributed by atoms with Crippen molar-refractivity contribution in [2.45, 2.75) is 38.9 Å². The number of rotatable bonds is 4. The van der Waals surface area contributed by atoms with Gasteiger partial charge >= 0.3 is 0 Å². The van der Waals surface area contributed by atoms with Crippen LogP contribution in [-0.2, 0) is 4.74 Å². The normalized spacial score (nSPS) is 23.5. The Hall–Kier alpha value is -0.910. The molecule has 1 fully saturated rings. The SMILES string of the molecule is CC1COCCN1C(CN)c1cncn1C(C)C. The van der Waals surface area contributed by atoms with Crippen LogP contribution < -0.4 is 5.73 Å². The molecule has 1 aromatic heterocycles. The van der Waals surface area contributed by atoms with E-state index in [1.807, 2.05) is 12.5 Å². The zero-order chi connectivity index (χ0) is 13.1. The van der Waals surface area contributed by atoms with Gasteiger partial charge in [-0.1, -0.05) is 0 Å². The molecule has 2 N–H and O–H groups in total. The van der Waals surface area contributed by atoms with E-state index in [0.29, 0.717) is 18.6 Å². The molecule has 0 saturated carbocycles. The van der Waals surface area contributed by atoms with Crippen LogP contribution in [0.25, 0.3) is 0 Å². The van der Waals surface area contributed by atoms with Crippen LogP contribution in [0, 0.1) is 0 Å². The average molecular weight is 252 g/mol. The van der Waals surface area contributed by atoms with E-state index in [4.69, 9.17) is 10.5 Å². The van der Waals surface area contributed by atoms with Gasteiger partial charge in [-0.15, -0.1) is 0 Å². The zero-order valence-corrected chi connectivity index (χ0v) is 11.5. The Morgan fingerprint density at radius 3 is 2.94 bits per heavy atom. The molecule has 2 unspecified atom stereocenters. The van der Waals surface area contributed by atoms with Crippen molar-refractivity contribution in [2.75, 3.05) is 26.3 Å². The van der Waals surface area contributed by atoms with Gasteiger partial charge in [0.1, 0.15) is 0 Å². The summed E-state index contributed by atoms with van der Waals surface area (Å²) >= 11 is 0. The molecule has 5 heteroatoms. The Morgan fingerprint density at radius 2 is 2.33 bits per heavy atom. The number of nitrogens with two attached hydrogens (primary N) is 1. The lowest BCUT2D eigenvalue weighted by atomic mass is 10.1. The Bertz CT molecular complexity index is 377. The lowest BCUT2D eigenvalue weighted by Gasteiger charge is -2.39. The molecular weight excluding hydrogens is 228 g/mol. The summed E-state index contributed by atoms with van der Waals surface area (Å²) in [5, 5.41) is 0. The first-order chi connectivity index (χ1) is 8.65. The molecular formula is C13H24N4O. The van der Waals surface area contributed by atoms with Gasteiger partial charge in [0.2, 0.25) is 0 Å². The van der Waals surface area contributed by atoms with Gasteiger partial charge in [-0.3, -0.25) is 4.90 Å². The fourth-order valence-electron chi connectivity index (χ4n) is 2.63. The van der Waals surface area contributed by atoms with E-state index in [0.717, 1.165) is 19.8 Å². The highest BCUT2D eigenvalue weighted by molar-refractivity contribution is 5.08. The Kier molecular flexibility index (Phi) is 4.37. The lowest BCUT2D eigenvalue weighted by Crippen LogP contribution is -2.48. The minimum atomic E-state index is 0.230. The van der Waals surface area contributed by atoms with E-state index in [2.05, 4.69) is 35.2 Å². The van der Waals surface area contributed by atoms with Crippen LogP contribution >= 0.6 is 0 Å². The highest BCUT2D eigenvalue weighted by Crippen LogP contribution is 2.25. The maximum Gasteiger partial charge on any atom is 0.0951 e. The summed E-state index contributed by atoms with van der Waals surface area (Å²) in [6, 6.07) is 1.05. The molecule has 2 heterocycles. The van der Waals surface area contributed by atoms with Crippen LogP contribution in [0.1, 0.15) is 38.5 Å². The number of ether oxygens (including phenoxy) is 1. The number of aromatic nitrogens is 2. The zero-order valence-electron chi connectivity index (χ0n) is 11.5. The van der Waals surface area contributed by atoms with Gasteiger partial charge in [0.15, 0.2) is 0 Å². The number of morpholine rings is 1. The van der Waals surface area contributed by atoms with E-state index in [-0.39, 0.29) is 6.04 Å². The molecule has 0 radical (unpaired) electrons. The first kappa shape index (κ1) is 13.5. The summed E-state index contributed by atoms with van der Waals surface area (Å²) in [5.41, 5.74) is 7.21. The van der Waals surface area contributed by atoms with Crippen molar-refractivity contribution in [1.82, 2.24) is 14.5 Å². The maximum atomic E-state index is 6.00. The van der Waals surface area contributed by atoms with Crippen molar-refractivity contribution < 1.29 is 4.74 Å². The van der Waals surface area contributed by atoms with Gasteiger partial charge in [0.05, 0.1) is 31.3 Å². The van der Waals surface area contributed by atoms with Crippen LogP contribution in [0.15, 0.2) is 12.5 Å². The van der Waals surface area contributed by atoms with Crippen molar-refractivity contribution in [3.8, 4) is 0 Å². The van der Waals surface area contributed by atoms with E-state index >= 15 is 0 Å². The van der Waals surface area contributed by atoms with Crippen LogP contribution in [0.5, 0.6) is 0 Å². The van der Waals surface area contributed by atoms with Gasteiger partial charge in [-0.05, 0) is 20.8 Å². The molecule has 18 heavy (non-hydrogen) atoms. The summed E-state index contributed by atoms with van der Waals surface area (Å²) in [5.74, 6) is 0. The second-order valence-corrected chi connectivity index (χ2v) is 5.23. The predicted molar refractivity (Wildman–Crippen MR) is 71.4 cm³/mol. The number of hydrogen-bond donors (Lipinski definition) is 1. The van der Waals surface area contributed by atoms with E-state index in [1.165, 1.54) is 5.69 Å². The van der Waals surface area contributed by atoms with Crippen molar-refractivity contribution in [3.05, 3.63) is 18.2 Å². The number of hydrogen-bond acceptors (Lipinski definition) is 4. The topological polar surface area (TPSA) is 56.3 Å². The van der Waals surface area contributed by atoms with Crippen LogP contribution in [0.4, 0.5) is 0 Å². The van der Waals surface area contributed by atoms with Crippen LogP contribution in [0.2, 0.25) is 0 Å². The minimum absolute atomic E-state index is 0.230. The second-order valence-electron chi connectivity index (χ2n) is 5.23. The van der Waals surface area contributed by atoms with Crippen molar-refractivity contribution in [1.29, 1.82) is 0 Å². The molecule has 1 aliphatic heterocycles. The molecule has 102 valence electrons. The summed E-state index contributed by atoms with van der Waals surface area (Å²) in [6.07, 6.45) is 3.84. The molecule has 2 rings (SSSR count). The maximum absolute atomic E-state index is 6.00. The molecule has 2 atom stereocenters. The van der Waals surface area contributed by atoms with Gasteiger partial charge in [-0.25, -0.2) is 4.98 Å². The van der Waals surface area contributed by atoms with Crippen molar-refractivity contribution >= 4 is 0 Å². The number of nitrogens with zero attached hydrogens (tertiary/aromatic N) is 3. The molecule has 5 nitrogen and oxygen atoms in total. The lowest BCUT2D eigenvalue weighted by molar-refractivity contribution is -0.0225. The summed E-state index contributed by atoms with van der Waals surface area (Å²) in [7, 11) is 0. The third kappa shape index (κ3) is 2.58. The van der Waals surface area contributed by atoms with E-state index in [9.17, 15) is 0 Å². The summed E-state index contributed by atoms with van der Waals surface area (Å²) in [4.78, 5) is 6.71. The van der Waals surface area contributed by atoms with Gasteiger partial charge < -0.3 is 15.0 Å². The largest absolute Gasteiger partial charge is 0.379 e. The quantitative estimate of drug-likeness (QED) is 0.874. The molecule has 1 saturated heterocycles. The van der Waals surface area contributed by atoms with Gasteiger partial charge in [0, 0.05) is 31.4 Å². The molecule has 0 spiro atoms. The predicted octanol–water partition coefficient (Wildman–Crippen LogP) is 1.18. The van der Waals surface area contributed by atoms with Crippen LogP contribution in [0.3, 0.4) is 0 Å². The Balaban J connectivity index is 2.24. The van der Waals surface area contributed by atoms with Crippen molar-refractivity contribution in [3.63, 3.8) is 0 Å².